The number of benzene rings is 1. The van der Waals surface area contributed by atoms with E-state index in [9.17, 15) is 0 Å². The Kier molecular flexibility index (Phi) is 3.05. The van der Waals surface area contributed by atoms with E-state index in [4.69, 9.17) is 4.74 Å². The molecule has 1 nitrogen and oxygen atoms in total. The molecule has 0 aromatic heterocycles. The minimum Gasteiger partial charge on any atom is -0.488 e. The van der Waals surface area contributed by atoms with Crippen LogP contribution in [-0.4, -0.2) is 15.8 Å². The molecule has 1 aromatic carbocycles. The average molecular weight is 205 g/mol. The van der Waals surface area contributed by atoms with Gasteiger partial charge in [0.2, 0.25) is 0 Å². The maximum absolute atomic E-state index is 5.85. The normalized spacial score (nSPS) is 11.6. The molecule has 0 aliphatic rings. The van der Waals surface area contributed by atoms with E-state index in [1.54, 1.807) is 0 Å². The van der Waals surface area contributed by atoms with Crippen LogP contribution < -0.4 is 9.92 Å². The van der Waals surface area contributed by atoms with Gasteiger partial charge in [0.25, 0.3) is 0 Å². The Balaban J connectivity index is 3.06. The summed E-state index contributed by atoms with van der Waals surface area (Å²) >= 11 is 0. The Morgan fingerprint density at radius 3 is 2.14 bits per heavy atom. The van der Waals surface area contributed by atoms with Crippen LogP contribution in [0.4, 0.5) is 0 Å². The fourth-order valence-electron chi connectivity index (χ4n) is 1.24. The first-order valence-electron chi connectivity index (χ1n) is 4.82. The van der Waals surface area contributed by atoms with E-state index in [1.807, 2.05) is 12.1 Å². The monoisotopic (exact) mass is 205 g/mol. The van der Waals surface area contributed by atoms with E-state index in [-0.39, 0.29) is 5.60 Å². The Labute approximate surface area is 89.9 Å². The predicted molar refractivity (Wildman–Crippen MR) is 61.7 cm³/mol. The maximum atomic E-state index is 5.85. The molecule has 2 heteroatoms. The van der Waals surface area contributed by atoms with Gasteiger partial charge in [-0.05, 0) is 51.8 Å². The molecule has 75 valence electrons. The minimum absolute atomic E-state index is 0.134. The number of ether oxygens (including phenoxy) is 1. The van der Waals surface area contributed by atoms with Crippen molar-refractivity contribution < 1.29 is 4.74 Å². The second kappa shape index (κ2) is 3.77. The first kappa shape index (κ1) is 11.3. The van der Waals surface area contributed by atoms with Crippen LogP contribution in [0.5, 0.6) is 5.75 Å². The van der Waals surface area contributed by atoms with Gasteiger partial charge in [0.15, 0.2) is 0 Å². The SMILES string of the molecule is Cc1c([Si])ccc(OC(C)(C)C)c1C. The molecule has 0 saturated heterocycles. The van der Waals surface area contributed by atoms with Crippen LogP contribution in [-0.2, 0) is 0 Å². The van der Waals surface area contributed by atoms with Crippen LogP contribution in [0.25, 0.3) is 0 Å². The lowest BCUT2D eigenvalue weighted by atomic mass is 10.1. The van der Waals surface area contributed by atoms with E-state index >= 15 is 0 Å². The molecule has 0 aliphatic carbocycles. The molecule has 0 amide bonds. The highest BCUT2D eigenvalue weighted by Crippen LogP contribution is 2.23. The summed E-state index contributed by atoms with van der Waals surface area (Å²) in [7, 11) is 3.56. The molecule has 0 heterocycles. The van der Waals surface area contributed by atoms with Crippen molar-refractivity contribution in [3.05, 3.63) is 23.3 Å². The molecule has 0 atom stereocenters. The molecule has 0 fully saturated rings. The highest BCUT2D eigenvalue weighted by molar-refractivity contribution is 6.33. The largest absolute Gasteiger partial charge is 0.488 e. The predicted octanol–water partition coefficient (Wildman–Crippen LogP) is 2.27. The van der Waals surface area contributed by atoms with Gasteiger partial charge < -0.3 is 4.74 Å². The second-order valence-electron chi connectivity index (χ2n) is 4.58. The molecule has 14 heavy (non-hydrogen) atoms. The van der Waals surface area contributed by atoms with Gasteiger partial charge in [-0.2, -0.15) is 0 Å². The van der Waals surface area contributed by atoms with Gasteiger partial charge in [-0.1, -0.05) is 11.3 Å². The number of hydrogen-bond donors (Lipinski definition) is 0. The van der Waals surface area contributed by atoms with Crippen molar-refractivity contribution in [2.75, 3.05) is 0 Å². The molecule has 0 spiro atoms. The Morgan fingerprint density at radius 1 is 1.07 bits per heavy atom. The van der Waals surface area contributed by atoms with Crippen molar-refractivity contribution >= 4 is 15.4 Å². The number of rotatable bonds is 1. The topological polar surface area (TPSA) is 9.23 Å². The molecule has 3 radical (unpaired) electrons. The van der Waals surface area contributed by atoms with Crippen molar-refractivity contribution in [2.24, 2.45) is 0 Å². The molecule has 1 aromatic rings. The summed E-state index contributed by atoms with van der Waals surface area (Å²) in [5.74, 6) is 0.969. The Morgan fingerprint density at radius 2 is 1.64 bits per heavy atom. The van der Waals surface area contributed by atoms with Gasteiger partial charge in [-0.3, -0.25) is 0 Å². The van der Waals surface area contributed by atoms with E-state index in [1.165, 1.54) is 11.1 Å². The fourth-order valence-corrected chi connectivity index (χ4v) is 1.51. The van der Waals surface area contributed by atoms with Crippen LogP contribution in [0.2, 0.25) is 0 Å². The van der Waals surface area contributed by atoms with Gasteiger partial charge in [0.05, 0.1) is 10.2 Å². The quantitative estimate of drug-likeness (QED) is 0.639. The van der Waals surface area contributed by atoms with Crippen LogP contribution in [0.15, 0.2) is 12.1 Å². The zero-order chi connectivity index (χ0) is 10.9. The van der Waals surface area contributed by atoms with Gasteiger partial charge in [0.1, 0.15) is 11.4 Å². The van der Waals surface area contributed by atoms with Crippen LogP contribution in [0, 0.1) is 13.8 Å². The molecule has 0 bridgehead atoms. The van der Waals surface area contributed by atoms with Gasteiger partial charge in [-0.15, -0.1) is 0 Å². The van der Waals surface area contributed by atoms with Gasteiger partial charge in [-0.25, -0.2) is 0 Å². The lowest BCUT2D eigenvalue weighted by molar-refractivity contribution is 0.130. The molecule has 1 rings (SSSR count). The Bertz CT molecular complexity index is 337. The van der Waals surface area contributed by atoms with Crippen molar-refractivity contribution in [3.63, 3.8) is 0 Å². The smallest absolute Gasteiger partial charge is 0.123 e. The summed E-state index contributed by atoms with van der Waals surface area (Å²) in [6.07, 6.45) is 0. The van der Waals surface area contributed by atoms with Crippen LogP contribution in [0.1, 0.15) is 31.9 Å². The molecular weight excluding hydrogens is 188 g/mol. The third-order valence-corrected chi connectivity index (χ3v) is 2.70. The third-order valence-electron chi connectivity index (χ3n) is 2.15. The molecule has 0 aliphatic heterocycles. The first-order chi connectivity index (χ1) is 6.31. The van der Waals surface area contributed by atoms with E-state index in [0.29, 0.717) is 0 Å². The maximum Gasteiger partial charge on any atom is 0.123 e. The summed E-state index contributed by atoms with van der Waals surface area (Å²) in [6, 6.07) is 4.04. The summed E-state index contributed by atoms with van der Waals surface area (Å²) in [5.41, 5.74) is 2.31. The number of hydrogen-bond acceptors (Lipinski definition) is 1. The second-order valence-corrected chi connectivity index (χ2v) is 5.11. The summed E-state index contributed by atoms with van der Waals surface area (Å²) in [4.78, 5) is 0. The molecule has 0 N–H and O–H groups in total. The zero-order valence-corrected chi connectivity index (χ0v) is 10.6. The fraction of sp³-hybridized carbons (Fsp3) is 0.500. The first-order valence-corrected chi connectivity index (χ1v) is 5.32. The molecule has 0 saturated carbocycles. The standard InChI is InChI=1S/C12H17OSi/c1-8-9(2)11(14)7-6-10(8)13-12(3,4)5/h6-7H,1-5H3. The third kappa shape index (κ3) is 2.61. The van der Waals surface area contributed by atoms with Crippen molar-refractivity contribution in [1.82, 2.24) is 0 Å². The lowest BCUT2D eigenvalue weighted by Crippen LogP contribution is -2.24. The van der Waals surface area contributed by atoms with Crippen molar-refractivity contribution in [2.45, 2.75) is 40.2 Å². The average Bonchev–Trinajstić information content (AvgIpc) is 2.04. The summed E-state index contributed by atoms with van der Waals surface area (Å²) < 4.78 is 5.85. The zero-order valence-electron chi connectivity index (χ0n) is 9.56. The molecular formula is C12H17OSi. The minimum atomic E-state index is -0.134. The van der Waals surface area contributed by atoms with Gasteiger partial charge >= 0.3 is 0 Å². The van der Waals surface area contributed by atoms with Gasteiger partial charge in [0, 0.05) is 0 Å². The lowest BCUT2D eigenvalue weighted by Gasteiger charge is -2.23. The van der Waals surface area contributed by atoms with Crippen molar-refractivity contribution in [3.8, 4) is 5.75 Å². The van der Waals surface area contributed by atoms with E-state index in [2.05, 4.69) is 44.9 Å². The molecule has 0 unspecified atom stereocenters. The van der Waals surface area contributed by atoms with E-state index < -0.39 is 0 Å². The highest BCUT2D eigenvalue weighted by Gasteiger charge is 2.14. The summed E-state index contributed by atoms with van der Waals surface area (Å²) in [5, 5.41) is 1.13. The van der Waals surface area contributed by atoms with Crippen LogP contribution >= 0.6 is 0 Å². The highest BCUT2D eigenvalue weighted by atomic mass is 28.1. The van der Waals surface area contributed by atoms with Crippen LogP contribution in [0.3, 0.4) is 0 Å². The summed E-state index contributed by atoms with van der Waals surface area (Å²) in [6.45, 7) is 10.4. The Hall–Kier alpha value is -0.763. The van der Waals surface area contributed by atoms with Crippen molar-refractivity contribution in [1.29, 1.82) is 0 Å². The van der Waals surface area contributed by atoms with E-state index in [0.717, 1.165) is 10.9 Å².